The minimum atomic E-state index is -2.40. The first-order valence-corrected chi connectivity index (χ1v) is 15.8. The first-order chi connectivity index (χ1) is 18.3. The van der Waals surface area contributed by atoms with Gasteiger partial charge in [0.15, 0.2) is 0 Å². The van der Waals surface area contributed by atoms with Crippen LogP contribution in [0.2, 0.25) is 0 Å². The fourth-order valence-corrected chi connectivity index (χ4v) is 6.53. The van der Waals surface area contributed by atoms with Gasteiger partial charge in [-0.15, -0.1) is 0 Å². The van der Waals surface area contributed by atoms with E-state index in [1.54, 1.807) is 0 Å². The number of hydrogen-bond acceptors (Lipinski definition) is 0. The van der Waals surface area contributed by atoms with Gasteiger partial charge in [0.2, 0.25) is 11.8 Å². The smallest absolute Gasteiger partial charge is 0.207 e. The fourth-order valence-electron chi connectivity index (χ4n) is 6.53. The van der Waals surface area contributed by atoms with Crippen LogP contribution in [0.1, 0.15) is 147 Å². The van der Waals surface area contributed by atoms with Gasteiger partial charge in [0.05, 0.1) is 0 Å². The molecule has 8 heteroatoms. The van der Waals surface area contributed by atoms with E-state index in [1.165, 1.54) is 0 Å². The lowest BCUT2D eigenvalue weighted by molar-refractivity contribution is -0.169. The molecule has 4 saturated carbocycles. The van der Waals surface area contributed by atoms with Crippen LogP contribution < -0.4 is 0 Å². The normalized spacial score (nSPS) is 29.9. The van der Waals surface area contributed by atoms with Crippen molar-refractivity contribution in [2.24, 2.45) is 45.3 Å². The lowest BCUT2D eigenvalue weighted by Gasteiger charge is -2.44. The summed E-state index contributed by atoms with van der Waals surface area (Å²) in [6, 6.07) is 0. The van der Waals surface area contributed by atoms with Crippen molar-refractivity contribution >= 4 is 0 Å². The molecule has 4 fully saturated rings. The topological polar surface area (TPSA) is 0 Å². The molecule has 0 spiro atoms. The lowest BCUT2D eigenvalue weighted by Crippen LogP contribution is -2.46. The van der Waals surface area contributed by atoms with E-state index in [2.05, 4.69) is 0 Å². The molecule has 0 heterocycles. The predicted octanol–water partition coefficient (Wildman–Crippen LogP) is 13.1. The summed E-state index contributed by atoms with van der Waals surface area (Å²) in [7, 11) is 0. The molecular weight excluding hydrogens is 560 g/mol. The third kappa shape index (κ3) is 12.1. The molecule has 0 aliphatic heterocycles. The molecule has 0 aromatic rings. The van der Waals surface area contributed by atoms with Crippen molar-refractivity contribution in [3.8, 4) is 0 Å². The monoisotopic (exact) mass is 620 g/mol. The van der Waals surface area contributed by atoms with Gasteiger partial charge in [-0.25, -0.2) is 35.1 Å². The predicted molar refractivity (Wildman–Crippen MR) is 158 cm³/mol. The molecule has 42 heavy (non-hydrogen) atoms. The van der Waals surface area contributed by atoms with Crippen molar-refractivity contribution in [3.05, 3.63) is 0 Å². The van der Waals surface area contributed by atoms with Gasteiger partial charge in [-0.2, -0.15) is 0 Å². The molecule has 4 aliphatic rings. The summed E-state index contributed by atoms with van der Waals surface area (Å²) >= 11 is 0. The van der Waals surface area contributed by atoms with Crippen LogP contribution in [0.15, 0.2) is 0 Å². The Morgan fingerprint density at radius 3 is 0.905 bits per heavy atom. The second-order valence-electron chi connectivity index (χ2n) is 17.8. The van der Waals surface area contributed by atoms with Gasteiger partial charge < -0.3 is 0 Å². The molecule has 0 saturated heterocycles. The van der Waals surface area contributed by atoms with Gasteiger partial charge in [0, 0.05) is 50.4 Å². The van der Waals surface area contributed by atoms with Crippen LogP contribution in [-0.2, 0) is 0 Å². The SMILES string of the molecule is CC(C)(C)C1CC(F)(F)C1.CC(C)(C)C1CCC(F)(F)C1.CC(C)(C)C1CCC1(F)F.CC(C)(C)C1CCCC1(F)F. The van der Waals surface area contributed by atoms with E-state index < -0.39 is 29.6 Å². The highest BCUT2D eigenvalue weighted by Crippen LogP contribution is 2.53. The minimum Gasteiger partial charge on any atom is -0.207 e. The summed E-state index contributed by atoms with van der Waals surface area (Å²) in [6.07, 6.45) is 3.32. The maximum absolute atomic E-state index is 13.1. The summed E-state index contributed by atoms with van der Waals surface area (Å²) in [6.45, 7) is 23.5. The molecule has 0 nitrogen and oxygen atoms in total. The molecule has 4 aliphatic carbocycles. The Morgan fingerprint density at radius 1 is 0.405 bits per heavy atom. The average molecular weight is 621 g/mol. The molecule has 0 bridgehead atoms. The van der Waals surface area contributed by atoms with Crippen molar-refractivity contribution in [1.29, 1.82) is 0 Å². The Morgan fingerprint density at radius 2 is 0.786 bits per heavy atom. The van der Waals surface area contributed by atoms with Gasteiger partial charge in [-0.1, -0.05) is 83.1 Å². The molecule has 0 amide bonds. The van der Waals surface area contributed by atoms with Crippen molar-refractivity contribution in [3.63, 3.8) is 0 Å². The van der Waals surface area contributed by atoms with Gasteiger partial charge in [-0.3, -0.25) is 0 Å². The van der Waals surface area contributed by atoms with Gasteiger partial charge >= 0.3 is 0 Å². The van der Waals surface area contributed by atoms with Crippen LogP contribution in [0.3, 0.4) is 0 Å². The molecular formula is C34H60F8. The number of hydrogen-bond donors (Lipinski definition) is 0. The van der Waals surface area contributed by atoms with E-state index >= 15 is 0 Å². The van der Waals surface area contributed by atoms with Crippen LogP contribution in [0.25, 0.3) is 0 Å². The van der Waals surface area contributed by atoms with Gasteiger partial charge in [0.1, 0.15) is 0 Å². The third-order valence-electron chi connectivity index (χ3n) is 9.82. The van der Waals surface area contributed by atoms with E-state index in [9.17, 15) is 35.1 Å². The van der Waals surface area contributed by atoms with Crippen molar-refractivity contribution in [2.75, 3.05) is 0 Å². The van der Waals surface area contributed by atoms with Crippen LogP contribution in [0.5, 0.6) is 0 Å². The highest BCUT2D eigenvalue weighted by Gasteiger charge is 2.53. The molecule has 0 radical (unpaired) electrons. The molecule has 252 valence electrons. The second kappa shape index (κ2) is 13.0. The van der Waals surface area contributed by atoms with Crippen LogP contribution in [0.4, 0.5) is 35.1 Å². The fraction of sp³-hybridized carbons (Fsp3) is 1.00. The summed E-state index contributed by atoms with van der Waals surface area (Å²) in [5.41, 5.74) is -0.330. The summed E-state index contributed by atoms with van der Waals surface area (Å²) < 4.78 is 102. The Kier molecular flexibility index (Phi) is 12.3. The average Bonchev–Trinajstić information content (AvgIpc) is 3.25. The Labute approximate surface area is 251 Å². The summed E-state index contributed by atoms with van der Waals surface area (Å²) in [4.78, 5) is 0. The Balaban J connectivity index is 0.000000280. The van der Waals surface area contributed by atoms with Gasteiger partial charge in [-0.05, 0) is 59.2 Å². The van der Waals surface area contributed by atoms with E-state index in [-0.39, 0.29) is 77.9 Å². The highest BCUT2D eigenvalue weighted by molar-refractivity contribution is 4.95. The molecule has 3 atom stereocenters. The molecule has 3 unspecified atom stereocenters. The number of rotatable bonds is 0. The number of alkyl halides is 8. The first kappa shape index (κ1) is 39.5. The highest BCUT2D eigenvalue weighted by atomic mass is 19.3. The standard InChI is InChI=1S/2C9H16F2.2C8H14F2/c1-8(2,3)7-4-5-9(10,11)6-7;1-8(2,3)7-5-4-6-9(7,10)11;1-7(2,3)6-4-8(9,10)5-6;1-7(2,3)6-4-5-8(6,9)10/h2*7H,4-6H2,1-3H3;2*6H,4-5H2,1-3H3. The van der Waals surface area contributed by atoms with Crippen molar-refractivity contribution in [1.82, 2.24) is 0 Å². The van der Waals surface area contributed by atoms with Crippen molar-refractivity contribution < 1.29 is 35.1 Å². The van der Waals surface area contributed by atoms with E-state index in [4.69, 9.17) is 0 Å². The van der Waals surface area contributed by atoms with E-state index in [0.717, 1.165) is 0 Å². The molecule has 0 aromatic heterocycles. The van der Waals surface area contributed by atoms with E-state index in [1.807, 2.05) is 83.1 Å². The second-order valence-corrected chi connectivity index (χ2v) is 17.8. The molecule has 0 aromatic carbocycles. The zero-order valence-corrected chi connectivity index (χ0v) is 28.4. The maximum Gasteiger partial charge on any atom is 0.251 e. The van der Waals surface area contributed by atoms with E-state index in [0.29, 0.717) is 25.7 Å². The molecule has 0 N–H and O–H groups in total. The third-order valence-corrected chi connectivity index (χ3v) is 9.82. The zero-order chi connectivity index (χ0) is 33.4. The lowest BCUT2D eigenvalue weighted by atomic mass is 9.66. The van der Waals surface area contributed by atoms with Crippen LogP contribution in [0, 0.1) is 45.3 Å². The first-order valence-electron chi connectivity index (χ1n) is 15.8. The Bertz CT molecular complexity index is 815. The van der Waals surface area contributed by atoms with Crippen LogP contribution in [-0.4, -0.2) is 23.7 Å². The zero-order valence-electron chi connectivity index (χ0n) is 28.4. The van der Waals surface area contributed by atoms with Gasteiger partial charge in [0.25, 0.3) is 11.8 Å². The quantitative estimate of drug-likeness (QED) is 0.236. The number of halogens is 8. The summed E-state index contributed by atoms with van der Waals surface area (Å²) in [5, 5.41) is 0. The molecule has 4 rings (SSSR count). The van der Waals surface area contributed by atoms with Crippen molar-refractivity contribution in [2.45, 2.75) is 171 Å². The minimum absolute atomic E-state index is 0.0555. The maximum atomic E-state index is 13.1. The Hall–Kier alpha value is -0.560. The summed E-state index contributed by atoms with van der Waals surface area (Å²) in [5.74, 6) is -9.87. The van der Waals surface area contributed by atoms with Crippen LogP contribution >= 0.6 is 0 Å². The largest absolute Gasteiger partial charge is 0.251 e.